The minimum atomic E-state index is -0.358. The molecule has 0 N–H and O–H groups in total. The van der Waals surface area contributed by atoms with Gasteiger partial charge in [-0.3, -0.25) is 9.67 Å². The van der Waals surface area contributed by atoms with Gasteiger partial charge in [0.2, 0.25) is 0 Å². The zero-order chi connectivity index (χ0) is 19.3. The van der Waals surface area contributed by atoms with E-state index in [1.54, 1.807) is 28.3 Å². The Morgan fingerprint density at radius 1 is 1.29 bits per heavy atom. The Labute approximate surface area is 170 Å². The highest BCUT2D eigenvalue weighted by atomic mass is 35.5. The number of allylic oxidation sites excluding steroid dienone is 1. The van der Waals surface area contributed by atoms with Crippen LogP contribution in [-0.4, -0.2) is 32.0 Å². The van der Waals surface area contributed by atoms with E-state index in [1.165, 1.54) is 17.8 Å². The lowest BCUT2D eigenvalue weighted by molar-refractivity contribution is 0.566. The largest absolute Gasteiger partial charge is 0.327 e. The van der Waals surface area contributed by atoms with E-state index in [1.807, 2.05) is 24.7 Å². The van der Waals surface area contributed by atoms with Crippen molar-refractivity contribution in [2.45, 2.75) is 18.9 Å². The van der Waals surface area contributed by atoms with Crippen molar-refractivity contribution in [2.75, 3.05) is 6.54 Å². The number of fused-ring (bicyclic) bond motifs is 1. The lowest BCUT2D eigenvalue weighted by Crippen LogP contribution is -2.32. The van der Waals surface area contributed by atoms with E-state index in [0.717, 1.165) is 47.1 Å². The zero-order valence-electron chi connectivity index (χ0n) is 15.1. The van der Waals surface area contributed by atoms with Gasteiger partial charge in [-0.25, -0.2) is 9.37 Å². The molecule has 5 rings (SSSR count). The second-order valence-electron chi connectivity index (χ2n) is 6.85. The Morgan fingerprint density at radius 3 is 2.89 bits per heavy atom. The molecule has 28 heavy (non-hydrogen) atoms. The molecular weight excluding hydrogens is 397 g/mol. The van der Waals surface area contributed by atoms with Gasteiger partial charge in [-0.1, -0.05) is 17.7 Å². The monoisotopic (exact) mass is 413 g/mol. The highest BCUT2D eigenvalue weighted by molar-refractivity contribution is 7.11. The molecule has 0 radical (unpaired) electrons. The fraction of sp³-hybridized carbons (Fsp3) is 0.250. The van der Waals surface area contributed by atoms with E-state index in [0.29, 0.717) is 5.02 Å². The van der Waals surface area contributed by atoms with Crippen LogP contribution in [0.15, 0.2) is 52.7 Å². The third-order valence-corrected chi connectivity index (χ3v) is 6.18. The predicted molar refractivity (Wildman–Crippen MR) is 109 cm³/mol. The third-order valence-electron chi connectivity index (χ3n) is 5.08. The summed E-state index contributed by atoms with van der Waals surface area (Å²) in [5.41, 5.74) is 3.88. The average Bonchev–Trinajstić information content (AvgIpc) is 3.42. The van der Waals surface area contributed by atoms with Crippen LogP contribution in [0.5, 0.6) is 0 Å². The molecule has 0 saturated carbocycles. The number of nitrogens with zero attached hydrogens (tertiary/aromatic N) is 5. The van der Waals surface area contributed by atoms with E-state index < -0.39 is 0 Å². The Kier molecular flexibility index (Phi) is 4.29. The van der Waals surface area contributed by atoms with Crippen LogP contribution in [0.1, 0.15) is 35.1 Å². The summed E-state index contributed by atoms with van der Waals surface area (Å²) in [6.07, 6.45) is 5.69. The maximum Gasteiger partial charge on any atom is 0.165 e. The lowest BCUT2D eigenvalue weighted by Gasteiger charge is -2.32. The number of rotatable bonds is 3. The topological polar surface area (TPSA) is 46.3 Å². The molecule has 3 aromatic rings. The number of benzene rings is 1. The van der Waals surface area contributed by atoms with Gasteiger partial charge in [0.25, 0.3) is 0 Å². The molecule has 4 heterocycles. The molecule has 0 spiro atoms. The van der Waals surface area contributed by atoms with E-state index in [9.17, 15) is 4.39 Å². The van der Waals surface area contributed by atoms with Crippen molar-refractivity contribution in [3.63, 3.8) is 0 Å². The number of thiazole rings is 1. The van der Waals surface area contributed by atoms with Gasteiger partial charge in [0.05, 0.1) is 5.69 Å². The first-order valence-corrected chi connectivity index (χ1v) is 10.3. The van der Waals surface area contributed by atoms with Crippen molar-refractivity contribution >= 4 is 34.3 Å². The fourth-order valence-corrected chi connectivity index (χ4v) is 4.81. The molecule has 0 bridgehead atoms. The normalized spacial score (nSPS) is 19.2. The first-order valence-electron chi connectivity index (χ1n) is 9.05. The molecule has 0 unspecified atom stereocenters. The first kappa shape index (κ1) is 17.6. The summed E-state index contributed by atoms with van der Waals surface area (Å²) in [4.78, 5) is 11.8. The smallest absolute Gasteiger partial charge is 0.165 e. The van der Waals surface area contributed by atoms with Crippen LogP contribution in [0.2, 0.25) is 5.02 Å². The number of aromatic nitrogens is 3. The maximum absolute atomic E-state index is 13.7. The number of aryl methyl sites for hydroxylation is 1. The molecule has 2 aromatic heterocycles. The first-order chi connectivity index (χ1) is 13.6. The number of hydrogen-bond donors (Lipinski definition) is 0. The molecular formula is C20H17ClFN5S. The highest BCUT2D eigenvalue weighted by Crippen LogP contribution is 2.45. The second-order valence-corrected chi connectivity index (χ2v) is 8.15. The number of aliphatic imine (C=N–C) groups is 1. The van der Waals surface area contributed by atoms with Crippen LogP contribution in [0.4, 0.5) is 4.39 Å². The Balaban J connectivity index is 1.74. The van der Waals surface area contributed by atoms with Crippen LogP contribution >= 0.6 is 22.9 Å². The summed E-state index contributed by atoms with van der Waals surface area (Å²) < 4.78 is 15.5. The van der Waals surface area contributed by atoms with Gasteiger partial charge in [0.1, 0.15) is 11.9 Å². The second kappa shape index (κ2) is 6.83. The summed E-state index contributed by atoms with van der Waals surface area (Å²) in [5.74, 6) is 0.496. The highest BCUT2D eigenvalue weighted by Gasteiger charge is 2.37. The minimum absolute atomic E-state index is 0.355. The Morgan fingerprint density at radius 2 is 2.18 bits per heavy atom. The molecule has 0 amide bonds. The van der Waals surface area contributed by atoms with Gasteiger partial charge in [0, 0.05) is 53.2 Å². The van der Waals surface area contributed by atoms with Crippen LogP contribution in [0.25, 0.3) is 5.57 Å². The van der Waals surface area contributed by atoms with Gasteiger partial charge in [-0.15, -0.1) is 11.3 Å². The van der Waals surface area contributed by atoms with E-state index >= 15 is 0 Å². The lowest BCUT2D eigenvalue weighted by atomic mass is 9.92. The number of halogens is 2. The number of hydrogen-bond acceptors (Lipinski definition) is 5. The third kappa shape index (κ3) is 2.86. The predicted octanol–water partition coefficient (Wildman–Crippen LogP) is 4.68. The molecule has 2 aliphatic heterocycles. The molecule has 1 aromatic carbocycles. The molecule has 1 saturated heterocycles. The quantitative estimate of drug-likeness (QED) is 0.626. The van der Waals surface area contributed by atoms with Gasteiger partial charge in [0.15, 0.2) is 10.8 Å². The molecule has 1 atom stereocenters. The zero-order valence-corrected chi connectivity index (χ0v) is 16.7. The van der Waals surface area contributed by atoms with Gasteiger partial charge >= 0.3 is 0 Å². The van der Waals surface area contributed by atoms with E-state index in [4.69, 9.17) is 16.6 Å². The van der Waals surface area contributed by atoms with Crippen molar-refractivity contribution in [3.8, 4) is 0 Å². The van der Waals surface area contributed by atoms with Crippen molar-refractivity contribution in [3.05, 3.63) is 74.8 Å². The van der Waals surface area contributed by atoms with Gasteiger partial charge in [-0.05, 0) is 31.0 Å². The summed E-state index contributed by atoms with van der Waals surface area (Å²) in [6, 6.07) is 6.14. The Hall–Kier alpha value is -2.51. The molecule has 5 nitrogen and oxygen atoms in total. The number of amidine groups is 1. The summed E-state index contributed by atoms with van der Waals surface area (Å²) in [7, 11) is 1.90. The molecule has 0 aliphatic carbocycles. The Bertz CT molecular complexity index is 1100. The standard InChI is InChI=1S/C20H17ClFN5S/c1-26-9-6-15(25-26)17-16-3-2-8-27(16)19(20-23-7-10-28-20)24-18(17)13-5-4-12(22)11-14(13)21/h4-7,9-11,18H,2-3,8H2,1H3/t18-/m0/s1. The van der Waals surface area contributed by atoms with Crippen LogP contribution in [0, 0.1) is 5.82 Å². The average molecular weight is 414 g/mol. The summed E-state index contributed by atoms with van der Waals surface area (Å²) in [6.45, 7) is 0.897. The van der Waals surface area contributed by atoms with Crippen LogP contribution in [0.3, 0.4) is 0 Å². The molecule has 1 fully saturated rings. The fourth-order valence-electron chi connectivity index (χ4n) is 3.90. The van der Waals surface area contributed by atoms with Crippen molar-refractivity contribution in [2.24, 2.45) is 12.0 Å². The summed E-state index contributed by atoms with van der Waals surface area (Å²) in [5, 5.41) is 7.83. The van der Waals surface area contributed by atoms with Crippen LogP contribution in [-0.2, 0) is 7.05 Å². The van der Waals surface area contributed by atoms with Gasteiger partial charge in [-0.2, -0.15) is 5.10 Å². The SMILES string of the molecule is Cn1ccc(C2=C3CCCN3C(c3nccs3)=N[C@H]2c2ccc(F)cc2Cl)n1. The summed E-state index contributed by atoms with van der Waals surface area (Å²) >= 11 is 8.02. The molecule has 8 heteroatoms. The van der Waals surface area contributed by atoms with Crippen LogP contribution < -0.4 is 0 Å². The maximum atomic E-state index is 13.7. The molecule has 142 valence electrons. The molecule has 2 aliphatic rings. The van der Waals surface area contributed by atoms with Crippen molar-refractivity contribution < 1.29 is 4.39 Å². The van der Waals surface area contributed by atoms with Crippen molar-refractivity contribution in [1.29, 1.82) is 0 Å². The van der Waals surface area contributed by atoms with E-state index in [2.05, 4.69) is 15.0 Å². The van der Waals surface area contributed by atoms with Crippen molar-refractivity contribution in [1.82, 2.24) is 19.7 Å². The van der Waals surface area contributed by atoms with Gasteiger partial charge < -0.3 is 4.90 Å². The minimum Gasteiger partial charge on any atom is -0.327 e. The van der Waals surface area contributed by atoms with E-state index in [-0.39, 0.29) is 11.9 Å².